The third kappa shape index (κ3) is 4.21. The van der Waals surface area contributed by atoms with Gasteiger partial charge >= 0.3 is 6.18 Å². The monoisotopic (exact) mass is 400 g/mol. The molecule has 1 amide bonds. The first-order valence-corrected chi connectivity index (χ1v) is 8.50. The second-order valence-electron chi connectivity index (χ2n) is 5.91. The number of rotatable bonds is 6. The molecule has 0 atom stereocenters. The van der Waals surface area contributed by atoms with Crippen molar-refractivity contribution in [3.05, 3.63) is 40.7 Å². The third-order valence-electron chi connectivity index (χ3n) is 3.98. The van der Waals surface area contributed by atoms with E-state index in [0.29, 0.717) is 11.9 Å². The van der Waals surface area contributed by atoms with Gasteiger partial charge in [-0.25, -0.2) is 4.68 Å². The largest absolute Gasteiger partial charge is 0.436 e. The highest BCUT2D eigenvalue weighted by Gasteiger charge is 2.38. The predicted molar refractivity (Wildman–Crippen MR) is 92.1 cm³/mol. The van der Waals surface area contributed by atoms with Crippen LogP contribution in [0.25, 0.3) is 11.0 Å². The first-order chi connectivity index (χ1) is 12.8. The van der Waals surface area contributed by atoms with Crippen LogP contribution in [0.3, 0.4) is 0 Å². The molecule has 7 nitrogen and oxygen atoms in total. The van der Waals surface area contributed by atoms with Gasteiger partial charge in [0, 0.05) is 13.1 Å². The Labute approximate surface area is 157 Å². The average molecular weight is 401 g/mol. The van der Waals surface area contributed by atoms with Crippen molar-refractivity contribution >= 4 is 28.5 Å². The van der Waals surface area contributed by atoms with Crippen LogP contribution in [0, 0.1) is 6.92 Å². The molecule has 3 aromatic rings. The zero-order valence-electron chi connectivity index (χ0n) is 14.3. The van der Waals surface area contributed by atoms with Crippen molar-refractivity contribution in [3.8, 4) is 0 Å². The Morgan fingerprint density at radius 3 is 2.70 bits per heavy atom. The summed E-state index contributed by atoms with van der Waals surface area (Å²) in [6.07, 6.45) is -4.19. The molecule has 27 heavy (non-hydrogen) atoms. The summed E-state index contributed by atoms with van der Waals surface area (Å²) in [6.45, 7) is 1.96. The number of para-hydroxylation sites is 1. The van der Waals surface area contributed by atoms with Crippen molar-refractivity contribution in [2.75, 3.05) is 6.54 Å². The Kier molecular flexibility index (Phi) is 5.36. The van der Waals surface area contributed by atoms with Crippen molar-refractivity contribution in [2.24, 2.45) is 0 Å². The van der Waals surface area contributed by atoms with E-state index in [4.69, 9.17) is 11.6 Å². The summed E-state index contributed by atoms with van der Waals surface area (Å²) in [5.41, 5.74) is 0.583. The molecule has 144 valence electrons. The molecule has 0 aliphatic heterocycles. The molecule has 0 fully saturated rings. The van der Waals surface area contributed by atoms with Gasteiger partial charge < -0.3 is 5.32 Å². The summed E-state index contributed by atoms with van der Waals surface area (Å²) in [5, 5.41) is 13.7. The summed E-state index contributed by atoms with van der Waals surface area (Å²) in [7, 11) is 0. The van der Waals surface area contributed by atoms with Gasteiger partial charge in [-0.15, -0.1) is 5.10 Å². The maximum Gasteiger partial charge on any atom is 0.436 e. The van der Waals surface area contributed by atoms with Crippen LogP contribution in [0.1, 0.15) is 17.8 Å². The number of aryl methyl sites for hydroxylation is 1. The van der Waals surface area contributed by atoms with E-state index in [2.05, 4.69) is 20.7 Å². The maximum atomic E-state index is 12.8. The quantitative estimate of drug-likeness (QED) is 0.645. The first kappa shape index (κ1) is 19.2. The molecule has 3 rings (SSSR count). The zero-order chi connectivity index (χ0) is 19.6. The van der Waals surface area contributed by atoms with E-state index in [1.165, 1.54) is 16.3 Å². The molecule has 0 radical (unpaired) electrons. The Bertz CT molecular complexity index is 965. The number of carbonyl (C=O) groups excluding carboxylic acids is 1. The smallest absolute Gasteiger partial charge is 0.354 e. The topological polar surface area (TPSA) is 77.6 Å². The number of nitrogens with zero attached hydrogens (tertiary/aromatic N) is 5. The van der Waals surface area contributed by atoms with Gasteiger partial charge in [-0.3, -0.25) is 9.48 Å². The second kappa shape index (κ2) is 7.55. The van der Waals surface area contributed by atoms with Crippen LogP contribution in [-0.2, 0) is 24.1 Å². The fraction of sp³-hybridized carbons (Fsp3) is 0.375. The van der Waals surface area contributed by atoms with Crippen LogP contribution in [0.5, 0.6) is 0 Å². The van der Waals surface area contributed by atoms with Crippen LogP contribution in [0.4, 0.5) is 13.2 Å². The number of nitrogens with one attached hydrogen (secondary N) is 1. The Balaban J connectivity index is 1.51. The highest BCUT2D eigenvalue weighted by atomic mass is 35.5. The molecule has 1 aromatic carbocycles. The summed E-state index contributed by atoms with van der Waals surface area (Å²) in [4.78, 5) is 12.0. The van der Waals surface area contributed by atoms with Crippen molar-refractivity contribution in [1.82, 2.24) is 30.1 Å². The number of carbonyl (C=O) groups is 1. The molecule has 0 aliphatic carbocycles. The molecule has 0 bridgehead atoms. The normalized spacial score (nSPS) is 11.9. The van der Waals surface area contributed by atoms with E-state index < -0.39 is 16.9 Å². The van der Waals surface area contributed by atoms with Gasteiger partial charge in [-0.2, -0.15) is 18.3 Å². The number of benzene rings is 1. The zero-order valence-corrected chi connectivity index (χ0v) is 15.0. The van der Waals surface area contributed by atoms with E-state index in [9.17, 15) is 18.0 Å². The Morgan fingerprint density at radius 1 is 1.26 bits per heavy atom. The number of halogens is 4. The third-order valence-corrected chi connectivity index (χ3v) is 4.44. The fourth-order valence-corrected chi connectivity index (χ4v) is 2.85. The number of amides is 1. The molecule has 1 N–H and O–H groups in total. The molecule has 0 saturated carbocycles. The number of hydrogen-bond donors (Lipinski definition) is 1. The number of fused-ring (bicyclic) bond motifs is 1. The van der Waals surface area contributed by atoms with Crippen LogP contribution in [0.2, 0.25) is 5.02 Å². The molecule has 0 saturated heterocycles. The lowest BCUT2D eigenvalue weighted by Crippen LogP contribution is -2.29. The Morgan fingerprint density at radius 2 is 2.00 bits per heavy atom. The van der Waals surface area contributed by atoms with Crippen molar-refractivity contribution in [3.63, 3.8) is 0 Å². The predicted octanol–water partition coefficient (Wildman–Crippen LogP) is 2.81. The molecule has 2 aromatic heterocycles. The van der Waals surface area contributed by atoms with E-state index in [-0.39, 0.29) is 31.2 Å². The van der Waals surface area contributed by atoms with Crippen LogP contribution < -0.4 is 5.32 Å². The molecule has 0 aliphatic rings. The van der Waals surface area contributed by atoms with Crippen LogP contribution >= 0.6 is 11.6 Å². The summed E-state index contributed by atoms with van der Waals surface area (Å²) in [6, 6.07) is 7.26. The fourth-order valence-electron chi connectivity index (χ4n) is 2.61. The summed E-state index contributed by atoms with van der Waals surface area (Å²) in [5.74, 6) is -0.267. The van der Waals surface area contributed by atoms with Crippen LogP contribution in [-0.4, -0.2) is 37.2 Å². The minimum atomic E-state index is -4.60. The van der Waals surface area contributed by atoms with Gasteiger partial charge in [0.15, 0.2) is 5.69 Å². The minimum Gasteiger partial charge on any atom is -0.354 e. The van der Waals surface area contributed by atoms with Gasteiger partial charge in [-0.05, 0) is 25.5 Å². The molecule has 0 spiro atoms. The van der Waals surface area contributed by atoms with E-state index in [1.54, 1.807) is 6.07 Å². The number of hydrogen-bond acceptors (Lipinski definition) is 4. The molecular formula is C16H16ClF3N6O. The van der Waals surface area contributed by atoms with Gasteiger partial charge in [0.1, 0.15) is 12.1 Å². The lowest BCUT2D eigenvalue weighted by atomic mass is 10.3. The molecule has 2 heterocycles. The summed E-state index contributed by atoms with van der Waals surface area (Å²) < 4.78 is 41.1. The minimum absolute atomic E-state index is 0.00532. The van der Waals surface area contributed by atoms with Crippen molar-refractivity contribution in [1.29, 1.82) is 0 Å². The molecule has 11 heteroatoms. The maximum absolute atomic E-state index is 12.8. The van der Waals surface area contributed by atoms with Gasteiger partial charge in [0.05, 0.1) is 16.2 Å². The SMILES string of the molecule is Cc1c(Cl)c(C(F)(F)F)nn1CCCNC(=O)Cn1nnc2ccccc21. The molecule has 0 unspecified atom stereocenters. The van der Waals surface area contributed by atoms with E-state index in [0.717, 1.165) is 5.52 Å². The van der Waals surface area contributed by atoms with Gasteiger partial charge in [0.2, 0.25) is 5.91 Å². The highest BCUT2D eigenvalue weighted by molar-refractivity contribution is 6.31. The molecular weight excluding hydrogens is 385 g/mol. The lowest BCUT2D eigenvalue weighted by Gasteiger charge is -2.07. The van der Waals surface area contributed by atoms with E-state index >= 15 is 0 Å². The average Bonchev–Trinajstić information content (AvgIpc) is 3.14. The highest BCUT2D eigenvalue weighted by Crippen LogP contribution is 2.35. The van der Waals surface area contributed by atoms with E-state index in [1.807, 2.05) is 18.2 Å². The summed E-state index contributed by atoms with van der Waals surface area (Å²) >= 11 is 5.70. The van der Waals surface area contributed by atoms with Crippen molar-refractivity contribution in [2.45, 2.75) is 32.6 Å². The van der Waals surface area contributed by atoms with Gasteiger partial charge in [-0.1, -0.05) is 28.9 Å². The standard InChI is InChI=1S/C16H16ClF3N6O/c1-10-14(17)15(16(18,19)20)23-25(10)8-4-7-21-13(27)9-26-12-6-3-2-5-11(12)22-24-26/h2-3,5-6H,4,7-9H2,1H3,(H,21,27). The van der Waals surface area contributed by atoms with Crippen LogP contribution in [0.15, 0.2) is 24.3 Å². The Hall–Kier alpha value is -2.62. The second-order valence-corrected chi connectivity index (χ2v) is 6.29. The first-order valence-electron chi connectivity index (χ1n) is 8.12. The number of alkyl halides is 3. The van der Waals surface area contributed by atoms with Gasteiger partial charge in [0.25, 0.3) is 0 Å². The number of aromatic nitrogens is 5. The van der Waals surface area contributed by atoms with Crippen molar-refractivity contribution < 1.29 is 18.0 Å². The lowest BCUT2D eigenvalue weighted by molar-refractivity contribution is -0.141.